The van der Waals surface area contributed by atoms with E-state index in [1.807, 2.05) is 29.6 Å². The van der Waals surface area contributed by atoms with Crippen LogP contribution in [0.2, 0.25) is 5.02 Å². The summed E-state index contributed by atoms with van der Waals surface area (Å²) in [6, 6.07) is 16.1. The van der Waals surface area contributed by atoms with Crippen molar-refractivity contribution in [2.24, 2.45) is 5.10 Å². The lowest BCUT2D eigenvalue weighted by atomic mass is 10.1. The van der Waals surface area contributed by atoms with Gasteiger partial charge in [0.05, 0.1) is 11.4 Å². The van der Waals surface area contributed by atoms with Crippen LogP contribution in [0.5, 0.6) is 0 Å². The summed E-state index contributed by atoms with van der Waals surface area (Å²) in [4.78, 5) is 4.58. The summed E-state index contributed by atoms with van der Waals surface area (Å²) in [5.74, 6) is 0. The van der Waals surface area contributed by atoms with E-state index in [1.54, 1.807) is 11.3 Å². The Balaban J connectivity index is 0.00000169. The number of anilines is 1. The highest BCUT2D eigenvalue weighted by Crippen LogP contribution is 2.27. The van der Waals surface area contributed by atoms with Crippen LogP contribution in [-0.4, -0.2) is 10.7 Å². The minimum absolute atomic E-state index is 0. The fraction of sp³-hybridized carbons (Fsp3) is 0.111. The molecule has 1 N–H and O–H groups in total. The Morgan fingerprint density at radius 3 is 2.67 bits per heavy atom. The lowest BCUT2D eigenvalue weighted by Gasteiger charge is -2.00. The molecule has 0 unspecified atom stereocenters. The number of hydrogen-bond donors (Lipinski definition) is 1. The number of fused-ring (bicyclic) bond motifs is 1. The molecule has 0 spiro atoms. The number of hydrazone groups is 1. The van der Waals surface area contributed by atoms with E-state index >= 15 is 0 Å². The van der Waals surface area contributed by atoms with Crippen molar-refractivity contribution >= 4 is 46.2 Å². The van der Waals surface area contributed by atoms with Crippen molar-refractivity contribution in [2.75, 3.05) is 5.43 Å². The third kappa shape index (κ3) is 3.46. The minimum Gasteiger partial charge on any atom is -0.252 e. The molecule has 0 atom stereocenters. The van der Waals surface area contributed by atoms with Gasteiger partial charge >= 0.3 is 0 Å². The largest absolute Gasteiger partial charge is 0.252 e. The van der Waals surface area contributed by atoms with Crippen LogP contribution in [0.1, 0.15) is 17.5 Å². The first-order valence-electron chi connectivity index (χ1n) is 7.42. The van der Waals surface area contributed by atoms with Crippen LogP contribution in [0.3, 0.4) is 0 Å². The smallest absolute Gasteiger partial charge is 0.203 e. The molecule has 0 radical (unpaired) electrons. The van der Waals surface area contributed by atoms with Crippen molar-refractivity contribution in [1.29, 1.82) is 0 Å². The third-order valence-corrected chi connectivity index (χ3v) is 4.89. The zero-order valence-corrected chi connectivity index (χ0v) is 15.1. The van der Waals surface area contributed by atoms with Crippen LogP contribution in [0.25, 0.3) is 11.3 Å². The van der Waals surface area contributed by atoms with Crippen LogP contribution in [-0.2, 0) is 6.42 Å². The molecule has 0 saturated carbocycles. The molecule has 1 aliphatic rings. The van der Waals surface area contributed by atoms with Gasteiger partial charge in [-0.1, -0.05) is 48.0 Å². The number of nitrogens with one attached hydrogen (secondary N) is 1. The quantitative estimate of drug-likeness (QED) is 0.600. The molecule has 6 heteroatoms. The first kappa shape index (κ1) is 17.0. The highest BCUT2D eigenvalue weighted by atomic mass is 35.5. The summed E-state index contributed by atoms with van der Waals surface area (Å²) in [6.07, 6.45) is 2.03. The topological polar surface area (TPSA) is 37.3 Å². The molecule has 4 rings (SSSR count). The predicted octanol–water partition coefficient (Wildman–Crippen LogP) is 5.65. The lowest BCUT2D eigenvalue weighted by Crippen LogP contribution is -1.99. The maximum Gasteiger partial charge on any atom is 0.203 e. The summed E-state index contributed by atoms with van der Waals surface area (Å²) in [7, 11) is 0. The van der Waals surface area contributed by atoms with E-state index in [9.17, 15) is 0 Å². The third-order valence-electron chi connectivity index (χ3n) is 3.89. The SMILES string of the molecule is Cl.Clc1ccc(-c2csc(N/N=C3\CCc4ccccc43)n2)cc1. The van der Waals surface area contributed by atoms with Gasteiger partial charge in [-0.25, -0.2) is 4.98 Å². The van der Waals surface area contributed by atoms with E-state index in [0.29, 0.717) is 0 Å². The second-order valence-electron chi connectivity index (χ2n) is 5.37. The number of aromatic nitrogens is 1. The maximum absolute atomic E-state index is 5.92. The van der Waals surface area contributed by atoms with Gasteiger partial charge in [0.2, 0.25) is 5.13 Å². The second kappa shape index (κ2) is 7.34. The number of nitrogens with zero attached hydrogens (tertiary/aromatic N) is 2. The van der Waals surface area contributed by atoms with E-state index < -0.39 is 0 Å². The molecule has 0 bridgehead atoms. The zero-order valence-electron chi connectivity index (χ0n) is 12.7. The molecular formula is C18H15Cl2N3S. The normalized spacial score (nSPS) is 14.3. The highest BCUT2D eigenvalue weighted by molar-refractivity contribution is 7.14. The summed E-state index contributed by atoms with van der Waals surface area (Å²) in [5.41, 5.74) is 8.80. The van der Waals surface area contributed by atoms with Crippen LogP contribution in [0, 0.1) is 0 Å². The molecule has 122 valence electrons. The number of rotatable bonds is 3. The highest BCUT2D eigenvalue weighted by Gasteiger charge is 2.16. The molecule has 0 fully saturated rings. The molecular weight excluding hydrogens is 361 g/mol. The number of benzene rings is 2. The van der Waals surface area contributed by atoms with Crippen molar-refractivity contribution in [3.63, 3.8) is 0 Å². The average molecular weight is 376 g/mol. The van der Waals surface area contributed by atoms with Crippen molar-refractivity contribution in [2.45, 2.75) is 12.8 Å². The molecule has 1 heterocycles. The Bertz CT molecular complexity index is 872. The Hall–Kier alpha value is -1.88. The maximum atomic E-state index is 5.92. The first-order chi connectivity index (χ1) is 11.3. The summed E-state index contributed by atoms with van der Waals surface area (Å²) < 4.78 is 0. The Morgan fingerprint density at radius 1 is 1.04 bits per heavy atom. The fourth-order valence-electron chi connectivity index (χ4n) is 2.72. The van der Waals surface area contributed by atoms with Gasteiger partial charge in [0, 0.05) is 21.5 Å². The van der Waals surface area contributed by atoms with Gasteiger partial charge in [0.25, 0.3) is 0 Å². The van der Waals surface area contributed by atoms with E-state index in [1.165, 1.54) is 11.1 Å². The summed E-state index contributed by atoms with van der Waals surface area (Å²) in [5, 5.41) is 8.10. The summed E-state index contributed by atoms with van der Waals surface area (Å²) >= 11 is 7.47. The number of hydrogen-bond acceptors (Lipinski definition) is 4. The van der Waals surface area contributed by atoms with E-state index in [0.717, 1.165) is 40.0 Å². The molecule has 3 aromatic rings. The van der Waals surface area contributed by atoms with Crippen LogP contribution in [0.15, 0.2) is 59.0 Å². The molecule has 0 amide bonds. The molecule has 3 nitrogen and oxygen atoms in total. The van der Waals surface area contributed by atoms with Gasteiger partial charge in [0.15, 0.2) is 0 Å². The molecule has 1 aromatic heterocycles. The zero-order chi connectivity index (χ0) is 15.6. The average Bonchev–Trinajstić information content (AvgIpc) is 3.20. The second-order valence-corrected chi connectivity index (χ2v) is 6.67. The van der Waals surface area contributed by atoms with Crippen molar-refractivity contribution in [1.82, 2.24) is 4.98 Å². The van der Waals surface area contributed by atoms with Gasteiger partial charge in [0.1, 0.15) is 0 Å². The predicted molar refractivity (Wildman–Crippen MR) is 105 cm³/mol. The number of halogens is 2. The molecule has 0 saturated heterocycles. The molecule has 2 aromatic carbocycles. The van der Waals surface area contributed by atoms with E-state index in [2.05, 4.69) is 39.8 Å². The molecule has 1 aliphatic carbocycles. The Morgan fingerprint density at radius 2 is 1.83 bits per heavy atom. The number of aryl methyl sites for hydroxylation is 1. The minimum atomic E-state index is 0. The lowest BCUT2D eigenvalue weighted by molar-refractivity contribution is 1.09. The first-order valence-corrected chi connectivity index (χ1v) is 8.68. The van der Waals surface area contributed by atoms with Gasteiger partial charge in [-0.15, -0.1) is 23.7 Å². The van der Waals surface area contributed by atoms with Crippen LogP contribution < -0.4 is 5.43 Å². The van der Waals surface area contributed by atoms with Crippen LogP contribution in [0.4, 0.5) is 5.13 Å². The number of thiazole rings is 1. The molecule has 24 heavy (non-hydrogen) atoms. The van der Waals surface area contributed by atoms with Crippen molar-refractivity contribution < 1.29 is 0 Å². The Kier molecular flexibility index (Phi) is 5.19. The van der Waals surface area contributed by atoms with Gasteiger partial charge < -0.3 is 0 Å². The van der Waals surface area contributed by atoms with Gasteiger partial charge in [-0.2, -0.15) is 5.10 Å². The van der Waals surface area contributed by atoms with Crippen molar-refractivity contribution in [3.05, 3.63) is 70.1 Å². The van der Waals surface area contributed by atoms with Gasteiger partial charge in [-0.05, 0) is 30.5 Å². The monoisotopic (exact) mass is 375 g/mol. The van der Waals surface area contributed by atoms with E-state index in [-0.39, 0.29) is 12.4 Å². The molecule has 0 aliphatic heterocycles. The van der Waals surface area contributed by atoms with Gasteiger partial charge in [-0.3, -0.25) is 5.43 Å². The summed E-state index contributed by atoms with van der Waals surface area (Å²) in [6.45, 7) is 0. The van der Waals surface area contributed by atoms with E-state index in [4.69, 9.17) is 11.6 Å². The van der Waals surface area contributed by atoms with Crippen molar-refractivity contribution in [3.8, 4) is 11.3 Å². The Labute approximate surface area is 155 Å². The standard InChI is InChI=1S/C18H14ClN3S.ClH/c19-14-8-5-13(6-9-14)17-11-23-18(20-17)22-21-16-10-7-12-3-1-2-4-15(12)16;/h1-6,8-9,11H,7,10H2,(H,20,22);1H/b21-16+;. The van der Waals surface area contributed by atoms with Crippen LogP contribution >= 0.6 is 35.3 Å². The fourth-order valence-corrected chi connectivity index (χ4v) is 3.50.